The fourth-order valence-corrected chi connectivity index (χ4v) is 0.921. The minimum atomic E-state index is -0.245. The molecular formula is C9H5ClN4. The van der Waals surface area contributed by atoms with E-state index in [1.165, 1.54) is 0 Å². The molecule has 0 radical (unpaired) electrons. The summed E-state index contributed by atoms with van der Waals surface area (Å²) in [4.78, 5) is 0. The van der Waals surface area contributed by atoms with Crippen LogP contribution in [-0.4, -0.2) is 5.71 Å². The van der Waals surface area contributed by atoms with Crippen molar-refractivity contribution in [3.63, 3.8) is 0 Å². The molecule has 0 heterocycles. The molecule has 1 aromatic carbocycles. The summed E-state index contributed by atoms with van der Waals surface area (Å²) in [7, 11) is 0. The van der Waals surface area contributed by atoms with Crippen molar-refractivity contribution in [2.45, 2.75) is 0 Å². The molecular weight excluding hydrogens is 200 g/mol. The number of anilines is 1. The molecule has 68 valence electrons. The van der Waals surface area contributed by atoms with Crippen molar-refractivity contribution < 1.29 is 0 Å². The predicted molar refractivity (Wildman–Crippen MR) is 53.7 cm³/mol. The minimum Gasteiger partial charge on any atom is -0.275 e. The molecule has 1 rings (SSSR count). The van der Waals surface area contributed by atoms with Crippen LogP contribution in [0.25, 0.3) is 0 Å². The Morgan fingerprint density at radius 2 is 1.93 bits per heavy atom. The summed E-state index contributed by atoms with van der Waals surface area (Å²) >= 11 is 5.80. The fourth-order valence-electron chi connectivity index (χ4n) is 0.743. The van der Waals surface area contributed by atoms with E-state index in [4.69, 9.17) is 22.1 Å². The maximum absolute atomic E-state index is 8.40. The van der Waals surface area contributed by atoms with Gasteiger partial charge >= 0.3 is 0 Å². The van der Waals surface area contributed by atoms with Crippen molar-refractivity contribution in [1.29, 1.82) is 10.5 Å². The number of para-hydroxylation sites is 1. The van der Waals surface area contributed by atoms with E-state index in [1.807, 2.05) is 0 Å². The lowest BCUT2D eigenvalue weighted by Gasteiger charge is -2.00. The van der Waals surface area contributed by atoms with Gasteiger partial charge in [-0.2, -0.15) is 15.6 Å². The van der Waals surface area contributed by atoms with Gasteiger partial charge in [0.15, 0.2) is 0 Å². The summed E-state index contributed by atoms with van der Waals surface area (Å²) in [6.07, 6.45) is 0. The van der Waals surface area contributed by atoms with Crippen molar-refractivity contribution in [3.8, 4) is 12.1 Å². The van der Waals surface area contributed by atoms with Gasteiger partial charge < -0.3 is 0 Å². The smallest absolute Gasteiger partial charge is 0.237 e. The number of nitriles is 2. The van der Waals surface area contributed by atoms with Gasteiger partial charge in [-0.05, 0) is 12.1 Å². The van der Waals surface area contributed by atoms with Crippen LogP contribution in [0.4, 0.5) is 5.69 Å². The van der Waals surface area contributed by atoms with Gasteiger partial charge in [0.05, 0.1) is 10.7 Å². The van der Waals surface area contributed by atoms with Crippen molar-refractivity contribution in [1.82, 2.24) is 0 Å². The molecule has 1 N–H and O–H groups in total. The number of halogens is 1. The monoisotopic (exact) mass is 204 g/mol. The number of benzene rings is 1. The molecule has 0 aliphatic heterocycles. The largest absolute Gasteiger partial charge is 0.275 e. The zero-order valence-corrected chi connectivity index (χ0v) is 7.78. The molecule has 0 saturated heterocycles. The van der Waals surface area contributed by atoms with E-state index in [9.17, 15) is 0 Å². The van der Waals surface area contributed by atoms with Gasteiger partial charge in [0.1, 0.15) is 12.1 Å². The zero-order valence-electron chi connectivity index (χ0n) is 7.03. The number of rotatable bonds is 2. The van der Waals surface area contributed by atoms with E-state index >= 15 is 0 Å². The molecule has 0 unspecified atom stereocenters. The maximum atomic E-state index is 8.40. The Morgan fingerprint density at radius 3 is 2.50 bits per heavy atom. The van der Waals surface area contributed by atoms with Crippen LogP contribution in [0.2, 0.25) is 5.02 Å². The van der Waals surface area contributed by atoms with Gasteiger partial charge in [0.2, 0.25) is 5.71 Å². The normalized spacial score (nSPS) is 8.21. The van der Waals surface area contributed by atoms with Gasteiger partial charge in [-0.3, -0.25) is 5.43 Å². The predicted octanol–water partition coefficient (Wildman–Crippen LogP) is 2.16. The van der Waals surface area contributed by atoms with Crippen molar-refractivity contribution in [3.05, 3.63) is 29.3 Å². The quantitative estimate of drug-likeness (QED) is 0.593. The molecule has 1 aromatic rings. The van der Waals surface area contributed by atoms with Gasteiger partial charge in [0.25, 0.3) is 0 Å². The molecule has 4 nitrogen and oxygen atoms in total. The molecule has 0 saturated carbocycles. The number of nitrogens with one attached hydrogen (secondary N) is 1. The number of nitrogens with zero attached hydrogens (tertiary/aromatic N) is 3. The molecule has 0 aromatic heterocycles. The summed E-state index contributed by atoms with van der Waals surface area (Å²) in [5.74, 6) is 0. The van der Waals surface area contributed by atoms with Crippen molar-refractivity contribution in [2.24, 2.45) is 5.10 Å². The van der Waals surface area contributed by atoms with E-state index in [-0.39, 0.29) is 5.71 Å². The zero-order chi connectivity index (χ0) is 10.4. The van der Waals surface area contributed by atoms with E-state index in [0.29, 0.717) is 10.7 Å². The topological polar surface area (TPSA) is 72.0 Å². The molecule has 5 heteroatoms. The molecule has 0 atom stereocenters. The van der Waals surface area contributed by atoms with Crippen LogP contribution >= 0.6 is 11.6 Å². The van der Waals surface area contributed by atoms with Crippen LogP contribution in [0.3, 0.4) is 0 Å². The van der Waals surface area contributed by atoms with Crippen LogP contribution in [-0.2, 0) is 0 Å². The molecule has 0 amide bonds. The molecule has 0 aliphatic rings. The molecule has 0 aliphatic carbocycles. The summed E-state index contributed by atoms with van der Waals surface area (Å²) in [5, 5.41) is 20.8. The lowest BCUT2D eigenvalue weighted by atomic mass is 10.3. The van der Waals surface area contributed by atoms with Crippen LogP contribution < -0.4 is 5.43 Å². The van der Waals surface area contributed by atoms with Gasteiger partial charge in [-0.15, -0.1) is 0 Å². The Morgan fingerprint density at radius 1 is 1.29 bits per heavy atom. The summed E-state index contributed by atoms with van der Waals surface area (Å²) in [6, 6.07) is 10.2. The van der Waals surface area contributed by atoms with Crippen LogP contribution in [0.5, 0.6) is 0 Å². The minimum absolute atomic E-state index is 0.245. The Labute approximate surface area is 86.0 Å². The third-order valence-corrected chi connectivity index (χ3v) is 1.70. The number of hydrazone groups is 1. The van der Waals surface area contributed by atoms with Crippen LogP contribution in [0, 0.1) is 22.7 Å². The Kier molecular flexibility index (Phi) is 3.49. The second-order valence-corrected chi connectivity index (χ2v) is 2.68. The highest BCUT2D eigenvalue weighted by Crippen LogP contribution is 2.20. The molecule has 0 fully saturated rings. The SMILES string of the molecule is N#CC(C#N)=NNc1ccccc1Cl. The third-order valence-electron chi connectivity index (χ3n) is 1.37. The first-order chi connectivity index (χ1) is 6.77. The second-order valence-electron chi connectivity index (χ2n) is 2.28. The lowest BCUT2D eigenvalue weighted by molar-refractivity contribution is 1.34. The van der Waals surface area contributed by atoms with E-state index < -0.39 is 0 Å². The van der Waals surface area contributed by atoms with Gasteiger partial charge in [-0.1, -0.05) is 23.7 Å². The van der Waals surface area contributed by atoms with E-state index in [2.05, 4.69) is 10.5 Å². The lowest BCUT2D eigenvalue weighted by Crippen LogP contribution is -1.96. The molecule has 14 heavy (non-hydrogen) atoms. The summed E-state index contributed by atoms with van der Waals surface area (Å²) in [6.45, 7) is 0. The summed E-state index contributed by atoms with van der Waals surface area (Å²) in [5.41, 5.74) is 2.83. The highest BCUT2D eigenvalue weighted by atomic mass is 35.5. The van der Waals surface area contributed by atoms with Gasteiger partial charge in [-0.25, -0.2) is 0 Å². The highest BCUT2D eigenvalue weighted by Gasteiger charge is 1.97. The highest BCUT2D eigenvalue weighted by molar-refractivity contribution is 6.33. The first kappa shape index (κ1) is 10.0. The first-order valence-electron chi connectivity index (χ1n) is 3.66. The van der Waals surface area contributed by atoms with Crippen molar-refractivity contribution in [2.75, 3.05) is 5.43 Å². The maximum Gasteiger partial charge on any atom is 0.237 e. The Hall–Kier alpha value is -2.04. The molecule has 0 bridgehead atoms. The standard InChI is InChI=1S/C9H5ClN4/c10-8-3-1-2-4-9(8)14-13-7(5-11)6-12/h1-4,14H. The van der Waals surface area contributed by atoms with Crippen LogP contribution in [0.1, 0.15) is 0 Å². The number of hydrogen-bond donors (Lipinski definition) is 1. The fraction of sp³-hybridized carbons (Fsp3) is 0. The summed E-state index contributed by atoms with van der Waals surface area (Å²) < 4.78 is 0. The average Bonchev–Trinajstić information content (AvgIpc) is 2.22. The average molecular weight is 205 g/mol. The van der Waals surface area contributed by atoms with Gasteiger partial charge in [0, 0.05) is 0 Å². The third kappa shape index (κ3) is 2.48. The second kappa shape index (κ2) is 4.86. The Bertz CT molecular complexity index is 423. The Balaban J connectivity index is 2.83. The first-order valence-corrected chi connectivity index (χ1v) is 4.04. The van der Waals surface area contributed by atoms with Crippen molar-refractivity contribution >= 4 is 23.0 Å². The van der Waals surface area contributed by atoms with E-state index in [0.717, 1.165) is 0 Å². The van der Waals surface area contributed by atoms with E-state index in [1.54, 1.807) is 36.4 Å². The molecule has 0 spiro atoms. The number of hydrogen-bond acceptors (Lipinski definition) is 4. The van der Waals surface area contributed by atoms with Crippen LogP contribution in [0.15, 0.2) is 29.4 Å².